The highest BCUT2D eigenvalue weighted by Crippen LogP contribution is 2.38. The monoisotopic (exact) mass is 319 g/mol. The molecule has 0 aliphatic carbocycles. The molecule has 0 spiro atoms. The summed E-state index contributed by atoms with van der Waals surface area (Å²) in [5, 5.41) is 11.3. The molecule has 5 nitrogen and oxygen atoms in total. The van der Waals surface area contributed by atoms with Crippen LogP contribution in [-0.2, 0) is 0 Å². The predicted octanol–water partition coefficient (Wildman–Crippen LogP) is 3.71. The lowest BCUT2D eigenvalue weighted by atomic mass is 9.93. The number of rotatable bonds is 6. The van der Waals surface area contributed by atoms with Gasteiger partial charge in [-0.3, -0.25) is 10.1 Å². The second-order valence-electron chi connectivity index (χ2n) is 5.40. The van der Waals surface area contributed by atoms with Gasteiger partial charge >= 0.3 is 0 Å². The molecule has 1 aromatic rings. The van der Waals surface area contributed by atoms with Crippen LogP contribution in [0.4, 0.5) is 11.4 Å². The zero-order valence-corrected chi connectivity index (χ0v) is 13.3. The van der Waals surface area contributed by atoms with Crippen LogP contribution in [0.5, 0.6) is 0 Å². The number of hydrogen-bond donors (Lipinski definition) is 1. The van der Waals surface area contributed by atoms with Crippen molar-refractivity contribution in [1.82, 2.24) is 0 Å². The Morgan fingerprint density at radius 3 is 2.20 bits per heavy atom. The van der Waals surface area contributed by atoms with Crippen LogP contribution >= 0.6 is 23.2 Å². The number of anilines is 1. The Morgan fingerprint density at radius 2 is 1.85 bits per heavy atom. The Labute approximate surface area is 128 Å². The SMILES string of the molecule is CCN(CC(C)(C)CN)c1c(Cl)cc([N+](=O)[O-])cc1Cl. The summed E-state index contributed by atoms with van der Waals surface area (Å²) in [5.74, 6) is 0. The van der Waals surface area contributed by atoms with Crippen LogP contribution in [0, 0.1) is 15.5 Å². The molecule has 0 saturated heterocycles. The Hall–Kier alpha value is -1.04. The molecule has 0 aromatic heterocycles. The second-order valence-corrected chi connectivity index (χ2v) is 6.21. The lowest BCUT2D eigenvalue weighted by Crippen LogP contribution is -2.39. The molecule has 1 aromatic carbocycles. The first-order chi connectivity index (χ1) is 9.21. The van der Waals surface area contributed by atoms with Crippen LogP contribution in [0.25, 0.3) is 0 Å². The smallest absolute Gasteiger partial charge is 0.272 e. The number of non-ortho nitro benzene ring substituents is 1. The highest BCUT2D eigenvalue weighted by atomic mass is 35.5. The van der Waals surface area contributed by atoms with Gasteiger partial charge in [0.1, 0.15) is 0 Å². The Morgan fingerprint density at radius 1 is 1.35 bits per heavy atom. The number of nitro benzene ring substituents is 1. The maximum atomic E-state index is 10.8. The molecule has 1 rings (SSSR count). The van der Waals surface area contributed by atoms with E-state index >= 15 is 0 Å². The van der Waals surface area contributed by atoms with Crippen molar-refractivity contribution in [2.45, 2.75) is 20.8 Å². The van der Waals surface area contributed by atoms with E-state index in [-0.39, 0.29) is 21.1 Å². The fourth-order valence-corrected chi connectivity index (χ4v) is 2.60. The quantitative estimate of drug-likeness (QED) is 0.640. The van der Waals surface area contributed by atoms with Gasteiger partial charge in [0.15, 0.2) is 0 Å². The minimum absolute atomic E-state index is 0.107. The zero-order valence-electron chi connectivity index (χ0n) is 11.8. The first kappa shape index (κ1) is 17.0. The predicted molar refractivity (Wildman–Crippen MR) is 83.8 cm³/mol. The molecule has 20 heavy (non-hydrogen) atoms. The van der Waals surface area contributed by atoms with Gasteiger partial charge in [0.2, 0.25) is 0 Å². The van der Waals surface area contributed by atoms with Gasteiger partial charge in [0, 0.05) is 25.2 Å². The fourth-order valence-electron chi connectivity index (χ4n) is 1.89. The summed E-state index contributed by atoms with van der Waals surface area (Å²) in [6, 6.07) is 2.64. The molecule has 112 valence electrons. The van der Waals surface area contributed by atoms with Crippen molar-refractivity contribution < 1.29 is 4.92 Å². The first-order valence-electron chi connectivity index (χ1n) is 6.30. The minimum Gasteiger partial charge on any atom is -0.369 e. The zero-order chi connectivity index (χ0) is 15.5. The molecule has 0 amide bonds. The Balaban J connectivity index is 3.20. The van der Waals surface area contributed by atoms with Gasteiger partial charge in [-0.15, -0.1) is 0 Å². The highest BCUT2D eigenvalue weighted by Gasteiger charge is 2.24. The normalized spacial score (nSPS) is 11.5. The number of nitrogens with zero attached hydrogens (tertiary/aromatic N) is 2. The molecule has 0 aliphatic rings. The van der Waals surface area contributed by atoms with Crippen molar-refractivity contribution in [2.24, 2.45) is 11.1 Å². The van der Waals surface area contributed by atoms with Gasteiger partial charge in [0.05, 0.1) is 20.7 Å². The molecule has 7 heteroatoms. The number of benzene rings is 1. The van der Waals surface area contributed by atoms with E-state index < -0.39 is 4.92 Å². The van der Waals surface area contributed by atoms with Crippen molar-refractivity contribution >= 4 is 34.6 Å². The maximum Gasteiger partial charge on any atom is 0.272 e. The minimum atomic E-state index is -0.512. The molecular weight excluding hydrogens is 301 g/mol. The summed E-state index contributed by atoms with van der Waals surface area (Å²) < 4.78 is 0. The van der Waals surface area contributed by atoms with Crippen LogP contribution in [0.15, 0.2) is 12.1 Å². The molecular formula is C13H19Cl2N3O2. The second kappa shape index (κ2) is 6.61. The molecule has 0 heterocycles. The summed E-state index contributed by atoms with van der Waals surface area (Å²) in [6.07, 6.45) is 0. The van der Waals surface area contributed by atoms with Crippen LogP contribution in [0.1, 0.15) is 20.8 Å². The standard InChI is InChI=1S/C13H19Cl2N3O2/c1-4-17(8-13(2,3)7-16)12-10(14)5-9(18(19)20)6-11(12)15/h5-6H,4,7-8,16H2,1-3H3. The number of hydrogen-bond acceptors (Lipinski definition) is 4. The summed E-state index contributed by atoms with van der Waals surface area (Å²) in [4.78, 5) is 12.3. The summed E-state index contributed by atoms with van der Waals surface area (Å²) >= 11 is 12.3. The molecule has 0 saturated carbocycles. The molecule has 2 N–H and O–H groups in total. The van der Waals surface area contributed by atoms with E-state index in [1.54, 1.807) is 0 Å². The molecule has 0 unspecified atom stereocenters. The van der Waals surface area contributed by atoms with E-state index in [0.717, 1.165) is 0 Å². The van der Waals surface area contributed by atoms with Crippen LogP contribution in [0.2, 0.25) is 10.0 Å². The molecule has 0 atom stereocenters. The van der Waals surface area contributed by atoms with Crippen molar-refractivity contribution in [3.8, 4) is 0 Å². The maximum absolute atomic E-state index is 10.8. The van der Waals surface area contributed by atoms with Crippen LogP contribution in [-0.4, -0.2) is 24.6 Å². The van der Waals surface area contributed by atoms with E-state index in [4.69, 9.17) is 28.9 Å². The van der Waals surface area contributed by atoms with E-state index in [1.807, 2.05) is 25.7 Å². The van der Waals surface area contributed by atoms with Crippen LogP contribution < -0.4 is 10.6 Å². The Bertz CT molecular complexity index is 483. The Kier molecular flexibility index (Phi) is 5.62. The van der Waals surface area contributed by atoms with Gasteiger partial charge in [-0.25, -0.2) is 0 Å². The van der Waals surface area contributed by atoms with Gasteiger partial charge in [-0.1, -0.05) is 37.0 Å². The lowest BCUT2D eigenvalue weighted by Gasteiger charge is -2.33. The average Bonchev–Trinajstić information content (AvgIpc) is 2.36. The summed E-state index contributed by atoms with van der Waals surface area (Å²) in [6.45, 7) is 7.93. The topological polar surface area (TPSA) is 72.4 Å². The van der Waals surface area contributed by atoms with E-state index in [0.29, 0.717) is 25.3 Å². The third-order valence-corrected chi connectivity index (χ3v) is 3.66. The fraction of sp³-hybridized carbons (Fsp3) is 0.538. The summed E-state index contributed by atoms with van der Waals surface area (Å²) in [5.41, 5.74) is 6.14. The first-order valence-corrected chi connectivity index (χ1v) is 7.06. The van der Waals surface area contributed by atoms with Crippen molar-refractivity contribution in [3.63, 3.8) is 0 Å². The third kappa shape index (κ3) is 3.98. The van der Waals surface area contributed by atoms with Gasteiger partial charge in [-0.05, 0) is 18.9 Å². The molecule has 0 radical (unpaired) electrons. The van der Waals surface area contributed by atoms with Crippen molar-refractivity contribution in [3.05, 3.63) is 32.3 Å². The molecule has 0 bridgehead atoms. The van der Waals surface area contributed by atoms with Gasteiger partial charge in [-0.2, -0.15) is 0 Å². The van der Waals surface area contributed by atoms with Crippen molar-refractivity contribution in [1.29, 1.82) is 0 Å². The van der Waals surface area contributed by atoms with E-state index in [2.05, 4.69) is 0 Å². The van der Waals surface area contributed by atoms with Crippen molar-refractivity contribution in [2.75, 3.05) is 24.5 Å². The highest BCUT2D eigenvalue weighted by molar-refractivity contribution is 6.39. The third-order valence-electron chi connectivity index (χ3n) is 3.08. The number of halogens is 2. The summed E-state index contributed by atoms with van der Waals surface area (Å²) in [7, 11) is 0. The number of nitrogens with two attached hydrogens (primary N) is 1. The lowest BCUT2D eigenvalue weighted by molar-refractivity contribution is -0.384. The number of nitro groups is 1. The largest absolute Gasteiger partial charge is 0.369 e. The van der Waals surface area contributed by atoms with Crippen LogP contribution in [0.3, 0.4) is 0 Å². The van der Waals surface area contributed by atoms with Gasteiger partial charge < -0.3 is 10.6 Å². The van der Waals surface area contributed by atoms with Gasteiger partial charge in [0.25, 0.3) is 5.69 Å². The molecule has 0 aliphatic heterocycles. The molecule has 0 fully saturated rings. The average molecular weight is 320 g/mol. The van der Waals surface area contributed by atoms with E-state index in [9.17, 15) is 10.1 Å². The van der Waals surface area contributed by atoms with E-state index in [1.165, 1.54) is 12.1 Å².